The topological polar surface area (TPSA) is 71.1 Å². The summed E-state index contributed by atoms with van der Waals surface area (Å²) in [4.78, 5) is 24.7. The summed E-state index contributed by atoms with van der Waals surface area (Å²) in [6, 6.07) is 3.35. The number of benzene rings is 1. The lowest BCUT2D eigenvalue weighted by Crippen LogP contribution is -2.52. The normalized spacial score (nSPS) is 20.7. The van der Waals surface area contributed by atoms with Gasteiger partial charge in [-0.05, 0) is 39.7 Å². The van der Waals surface area contributed by atoms with E-state index in [4.69, 9.17) is 18.9 Å². The Balaban J connectivity index is 2.42. The van der Waals surface area contributed by atoms with Gasteiger partial charge in [-0.1, -0.05) is 20.8 Å². The molecule has 0 unspecified atom stereocenters. The predicted octanol–water partition coefficient (Wildman–Crippen LogP) is 3.71. The Hall–Kier alpha value is -2.02. The van der Waals surface area contributed by atoms with E-state index < -0.39 is 23.1 Å². The minimum atomic E-state index is -1.32. The largest absolute Gasteiger partial charge is 0.493 e. The second-order valence-corrected chi connectivity index (χ2v) is 7.63. The van der Waals surface area contributed by atoms with Gasteiger partial charge in [0.15, 0.2) is 11.5 Å². The van der Waals surface area contributed by atoms with Crippen LogP contribution in [0, 0.1) is 5.41 Å². The van der Waals surface area contributed by atoms with Crippen molar-refractivity contribution in [1.29, 1.82) is 0 Å². The van der Waals surface area contributed by atoms with E-state index in [0.717, 1.165) is 0 Å². The molecule has 0 aromatic heterocycles. The fourth-order valence-electron chi connectivity index (χ4n) is 2.18. The Kier molecular flexibility index (Phi) is 5.18. The third kappa shape index (κ3) is 3.66. The number of rotatable bonds is 3. The number of methoxy groups -OCH3 is 2. The molecule has 1 fully saturated rings. The maximum Gasteiger partial charge on any atom is 0.348 e. The van der Waals surface area contributed by atoms with Crippen LogP contribution in [0.1, 0.15) is 33.3 Å². The number of halogens is 1. The number of cyclic esters (lactones) is 2. The molecule has 0 saturated carbocycles. The highest BCUT2D eigenvalue weighted by Gasteiger charge is 2.50. The summed E-state index contributed by atoms with van der Waals surface area (Å²) in [6.45, 7) is 7.06. The van der Waals surface area contributed by atoms with Gasteiger partial charge in [0.05, 0.1) is 18.7 Å². The second-order valence-electron chi connectivity index (χ2n) is 6.77. The molecule has 0 amide bonds. The Bertz CT molecular complexity index is 725. The summed E-state index contributed by atoms with van der Waals surface area (Å²) >= 11 is 3.37. The molecule has 1 aromatic rings. The summed E-state index contributed by atoms with van der Waals surface area (Å²) in [5.41, 5.74) is -0.176. The van der Waals surface area contributed by atoms with E-state index in [9.17, 15) is 9.59 Å². The smallest absolute Gasteiger partial charge is 0.348 e. The van der Waals surface area contributed by atoms with Crippen LogP contribution in [0.5, 0.6) is 11.5 Å². The molecule has 1 saturated heterocycles. The van der Waals surface area contributed by atoms with Crippen molar-refractivity contribution in [2.45, 2.75) is 33.5 Å². The van der Waals surface area contributed by atoms with Gasteiger partial charge in [0.1, 0.15) is 5.57 Å². The monoisotopic (exact) mass is 412 g/mol. The fourth-order valence-corrected chi connectivity index (χ4v) is 2.80. The maximum atomic E-state index is 12.4. The molecule has 0 bridgehead atoms. The quantitative estimate of drug-likeness (QED) is 0.428. The van der Waals surface area contributed by atoms with Crippen LogP contribution in [0.25, 0.3) is 6.08 Å². The van der Waals surface area contributed by atoms with Crippen molar-refractivity contribution in [3.63, 3.8) is 0 Å². The molecule has 0 spiro atoms. The Labute approximate surface area is 155 Å². The molecule has 136 valence electrons. The summed E-state index contributed by atoms with van der Waals surface area (Å²) in [7, 11) is 3.02. The molecule has 25 heavy (non-hydrogen) atoms. The van der Waals surface area contributed by atoms with E-state index >= 15 is 0 Å². The van der Waals surface area contributed by atoms with Gasteiger partial charge in [-0.2, -0.15) is 0 Å². The van der Waals surface area contributed by atoms with Gasteiger partial charge in [0.25, 0.3) is 5.79 Å². The average Bonchev–Trinajstić information content (AvgIpc) is 2.49. The summed E-state index contributed by atoms with van der Waals surface area (Å²) in [6.07, 6.45) is 1.40. The van der Waals surface area contributed by atoms with E-state index in [1.165, 1.54) is 20.3 Å². The van der Waals surface area contributed by atoms with Crippen LogP contribution in [0.2, 0.25) is 0 Å². The zero-order chi connectivity index (χ0) is 19.0. The Morgan fingerprint density at radius 1 is 1.08 bits per heavy atom. The van der Waals surface area contributed by atoms with Gasteiger partial charge in [-0.25, -0.2) is 9.59 Å². The molecule has 1 aliphatic rings. The van der Waals surface area contributed by atoms with E-state index in [1.807, 2.05) is 20.8 Å². The molecule has 0 atom stereocenters. The van der Waals surface area contributed by atoms with Crippen LogP contribution >= 0.6 is 15.9 Å². The standard InChI is InChI=1S/C18H21BrO6/c1-17(2,3)18(4)24-15(20)11(16(21)25-18)7-10-8-12(19)14(23-6)13(9-10)22-5/h7-9H,1-6H3. The van der Waals surface area contributed by atoms with Crippen molar-refractivity contribution in [2.24, 2.45) is 5.41 Å². The number of ether oxygens (including phenoxy) is 4. The van der Waals surface area contributed by atoms with E-state index in [1.54, 1.807) is 19.1 Å². The predicted molar refractivity (Wildman–Crippen MR) is 95.3 cm³/mol. The Morgan fingerprint density at radius 2 is 1.64 bits per heavy atom. The molecular weight excluding hydrogens is 392 g/mol. The van der Waals surface area contributed by atoms with Gasteiger partial charge in [-0.3, -0.25) is 0 Å². The molecule has 1 aromatic carbocycles. The lowest BCUT2D eigenvalue weighted by molar-refractivity contribution is -0.261. The maximum absolute atomic E-state index is 12.4. The number of carbonyl (C=O) groups is 2. The van der Waals surface area contributed by atoms with Gasteiger partial charge >= 0.3 is 11.9 Å². The van der Waals surface area contributed by atoms with Crippen molar-refractivity contribution in [1.82, 2.24) is 0 Å². The molecular formula is C18H21BrO6. The van der Waals surface area contributed by atoms with Crippen LogP contribution in [0.15, 0.2) is 22.2 Å². The first-order valence-electron chi connectivity index (χ1n) is 7.62. The highest BCUT2D eigenvalue weighted by molar-refractivity contribution is 9.10. The highest BCUT2D eigenvalue weighted by atomic mass is 79.9. The first-order valence-corrected chi connectivity index (χ1v) is 8.41. The van der Waals surface area contributed by atoms with E-state index in [-0.39, 0.29) is 5.57 Å². The van der Waals surface area contributed by atoms with Crippen LogP contribution in [-0.2, 0) is 19.1 Å². The van der Waals surface area contributed by atoms with Crippen molar-refractivity contribution >= 4 is 33.9 Å². The minimum absolute atomic E-state index is 0.180. The van der Waals surface area contributed by atoms with Crippen LogP contribution in [-0.4, -0.2) is 31.9 Å². The van der Waals surface area contributed by atoms with Crippen molar-refractivity contribution in [2.75, 3.05) is 14.2 Å². The molecule has 0 radical (unpaired) electrons. The number of hydrogen-bond donors (Lipinski definition) is 0. The first-order chi connectivity index (χ1) is 11.5. The van der Waals surface area contributed by atoms with Gasteiger partial charge in [0.2, 0.25) is 0 Å². The zero-order valence-corrected chi connectivity index (χ0v) is 16.6. The fraction of sp³-hybridized carbons (Fsp3) is 0.444. The number of hydrogen-bond acceptors (Lipinski definition) is 6. The summed E-state index contributed by atoms with van der Waals surface area (Å²) in [5, 5.41) is 0. The molecule has 0 N–H and O–H groups in total. The molecule has 1 aliphatic heterocycles. The molecule has 0 aliphatic carbocycles. The number of carbonyl (C=O) groups excluding carboxylic acids is 2. The third-order valence-corrected chi connectivity index (χ3v) is 4.73. The minimum Gasteiger partial charge on any atom is -0.493 e. The summed E-state index contributed by atoms with van der Waals surface area (Å²) < 4.78 is 21.9. The molecule has 2 rings (SSSR count). The highest BCUT2D eigenvalue weighted by Crippen LogP contribution is 2.40. The van der Waals surface area contributed by atoms with Crippen LogP contribution < -0.4 is 9.47 Å². The zero-order valence-electron chi connectivity index (χ0n) is 15.1. The van der Waals surface area contributed by atoms with Crippen molar-refractivity contribution < 1.29 is 28.5 Å². The van der Waals surface area contributed by atoms with Crippen molar-refractivity contribution in [3.8, 4) is 11.5 Å². The third-order valence-electron chi connectivity index (χ3n) is 4.14. The lowest BCUT2D eigenvalue weighted by atomic mass is 9.85. The second kappa shape index (κ2) is 6.71. The Morgan fingerprint density at radius 3 is 2.08 bits per heavy atom. The van der Waals surface area contributed by atoms with Crippen LogP contribution in [0.3, 0.4) is 0 Å². The molecule has 1 heterocycles. The van der Waals surface area contributed by atoms with Crippen molar-refractivity contribution in [3.05, 3.63) is 27.7 Å². The van der Waals surface area contributed by atoms with Gasteiger partial charge in [-0.15, -0.1) is 0 Å². The van der Waals surface area contributed by atoms with Gasteiger partial charge in [0, 0.05) is 12.3 Å². The van der Waals surface area contributed by atoms with Gasteiger partial charge < -0.3 is 18.9 Å². The average molecular weight is 413 g/mol. The summed E-state index contributed by atoms with van der Waals surface area (Å²) in [5.74, 6) is -1.80. The molecule has 7 heteroatoms. The van der Waals surface area contributed by atoms with Crippen LogP contribution in [0.4, 0.5) is 0 Å². The lowest BCUT2D eigenvalue weighted by Gasteiger charge is -2.42. The van der Waals surface area contributed by atoms with E-state index in [2.05, 4.69) is 15.9 Å². The first kappa shape index (κ1) is 19.3. The SMILES string of the molecule is COc1cc(C=C2C(=O)OC(C)(C(C)(C)C)OC2=O)cc(Br)c1OC. The molecule has 6 nitrogen and oxygen atoms in total. The number of esters is 2. The van der Waals surface area contributed by atoms with E-state index in [0.29, 0.717) is 21.5 Å².